The zero-order chi connectivity index (χ0) is 20.3. The average Bonchev–Trinajstić information content (AvgIpc) is 3.10. The van der Waals surface area contributed by atoms with Gasteiger partial charge in [0.25, 0.3) is 0 Å². The van der Waals surface area contributed by atoms with E-state index >= 15 is 0 Å². The molecule has 1 N–H and O–H groups in total. The van der Waals surface area contributed by atoms with Crippen LogP contribution in [0.15, 0.2) is 42.5 Å². The van der Waals surface area contributed by atoms with Crippen LogP contribution in [0.2, 0.25) is 0 Å². The number of hydrogen-bond donors (Lipinski definition) is 1. The summed E-state index contributed by atoms with van der Waals surface area (Å²) in [5, 5.41) is 2.88. The average molecular weight is 380 g/mol. The van der Waals surface area contributed by atoms with Crippen LogP contribution in [-0.2, 0) is 20.7 Å². The molecule has 6 heteroatoms. The molecule has 2 aromatic carbocycles. The number of carbonyl (C=O) groups excluding carboxylic acids is 3. The molecule has 28 heavy (non-hydrogen) atoms. The van der Waals surface area contributed by atoms with Crippen molar-refractivity contribution in [3.8, 4) is 0 Å². The fourth-order valence-electron chi connectivity index (χ4n) is 3.36. The Bertz CT molecular complexity index is 923. The summed E-state index contributed by atoms with van der Waals surface area (Å²) < 4.78 is 4.71. The van der Waals surface area contributed by atoms with Crippen molar-refractivity contribution >= 4 is 29.2 Å². The van der Waals surface area contributed by atoms with Crippen molar-refractivity contribution in [1.29, 1.82) is 0 Å². The van der Waals surface area contributed by atoms with Gasteiger partial charge in [-0.05, 0) is 54.8 Å². The number of amides is 2. The van der Waals surface area contributed by atoms with Crippen molar-refractivity contribution < 1.29 is 19.1 Å². The molecule has 0 spiro atoms. The smallest absolute Gasteiger partial charge is 0.337 e. The minimum atomic E-state index is -0.424. The summed E-state index contributed by atoms with van der Waals surface area (Å²) in [7, 11) is 1.33. The largest absolute Gasteiger partial charge is 0.465 e. The van der Waals surface area contributed by atoms with E-state index in [1.807, 2.05) is 31.2 Å². The molecule has 0 saturated carbocycles. The number of nitrogens with one attached hydrogen (secondary N) is 1. The Morgan fingerprint density at radius 1 is 1.21 bits per heavy atom. The lowest BCUT2D eigenvalue weighted by atomic mass is 10.1. The monoisotopic (exact) mass is 380 g/mol. The van der Waals surface area contributed by atoms with Gasteiger partial charge >= 0.3 is 5.97 Å². The molecule has 1 saturated heterocycles. The molecular weight excluding hydrogens is 356 g/mol. The summed E-state index contributed by atoms with van der Waals surface area (Å²) >= 11 is 0. The van der Waals surface area contributed by atoms with Gasteiger partial charge in [0, 0.05) is 24.3 Å². The Morgan fingerprint density at radius 3 is 2.68 bits per heavy atom. The van der Waals surface area contributed by atoms with E-state index in [1.165, 1.54) is 7.11 Å². The van der Waals surface area contributed by atoms with Crippen LogP contribution >= 0.6 is 0 Å². The summed E-state index contributed by atoms with van der Waals surface area (Å²) in [6.45, 7) is 4.23. The van der Waals surface area contributed by atoms with Crippen molar-refractivity contribution in [3.05, 3.63) is 59.2 Å². The first kappa shape index (κ1) is 19.6. The third-order valence-electron chi connectivity index (χ3n) is 5.03. The Hall–Kier alpha value is -3.15. The number of ether oxygens (including phenoxy) is 1. The van der Waals surface area contributed by atoms with Crippen LogP contribution in [0.3, 0.4) is 0 Å². The molecule has 0 bridgehead atoms. The van der Waals surface area contributed by atoms with E-state index in [4.69, 9.17) is 4.74 Å². The standard InChI is InChI=1S/C22H24N2O4/c1-4-15-6-5-7-18(11-15)24-13-17(12-20(24)25)21(26)23-19-9-8-16(10-14(19)2)22(27)28-3/h5-11,17H,4,12-13H2,1-3H3,(H,23,26)/t17-/m0/s1. The summed E-state index contributed by atoms with van der Waals surface area (Å²) in [6, 6.07) is 12.8. The highest BCUT2D eigenvalue weighted by Crippen LogP contribution is 2.27. The van der Waals surface area contributed by atoms with Crippen LogP contribution in [-0.4, -0.2) is 31.4 Å². The van der Waals surface area contributed by atoms with Gasteiger partial charge in [-0.25, -0.2) is 4.79 Å². The van der Waals surface area contributed by atoms with Gasteiger partial charge < -0.3 is 15.0 Å². The van der Waals surface area contributed by atoms with Gasteiger partial charge in [-0.3, -0.25) is 9.59 Å². The highest BCUT2D eigenvalue weighted by molar-refractivity contribution is 6.04. The van der Waals surface area contributed by atoms with Gasteiger partial charge in [0.1, 0.15) is 0 Å². The molecule has 6 nitrogen and oxygen atoms in total. The molecule has 0 radical (unpaired) electrons. The van der Waals surface area contributed by atoms with Crippen molar-refractivity contribution in [2.45, 2.75) is 26.7 Å². The first-order valence-corrected chi connectivity index (χ1v) is 9.32. The van der Waals surface area contributed by atoms with E-state index < -0.39 is 11.9 Å². The molecule has 3 rings (SSSR count). The van der Waals surface area contributed by atoms with Gasteiger partial charge in [-0.2, -0.15) is 0 Å². The number of anilines is 2. The maximum atomic E-state index is 12.7. The first-order valence-electron chi connectivity index (χ1n) is 9.32. The number of hydrogen-bond acceptors (Lipinski definition) is 4. The summed E-state index contributed by atoms with van der Waals surface area (Å²) in [4.78, 5) is 38.4. The van der Waals surface area contributed by atoms with Crippen molar-refractivity contribution in [3.63, 3.8) is 0 Å². The van der Waals surface area contributed by atoms with E-state index in [1.54, 1.807) is 23.1 Å². The lowest BCUT2D eigenvalue weighted by molar-refractivity contribution is -0.122. The van der Waals surface area contributed by atoms with Crippen LogP contribution in [0.1, 0.15) is 34.8 Å². The number of methoxy groups -OCH3 is 1. The SMILES string of the molecule is CCc1cccc(N2C[C@@H](C(=O)Nc3ccc(C(=O)OC)cc3C)CC2=O)c1. The molecule has 0 unspecified atom stereocenters. The Labute approximate surface area is 164 Å². The topological polar surface area (TPSA) is 75.7 Å². The fraction of sp³-hybridized carbons (Fsp3) is 0.318. The van der Waals surface area contributed by atoms with Gasteiger partial charge in [0.05, 0.1) is 18.6 Å². The quantitative estimate of drug-likeness (QED) is 0.808. The maximum absolute atomic E-state index is 12.7. The van der Waals surface area contributed by atoms with E-state index in [0.717, 1.165) is 23.2 Å². The highest BCUT2D eigenvalue weighted by atomic mass is 16.5. The Kier molecular flexibility index (Phi) is 5.78. The van der Waals surface area contributed by atoms with Crippen molar-refractivity contribution in [2.75, 3.05) is 23.9 Å². The molecule has 146 valence electrons. The maximum Gasteiger partial charge on any atom is 0.337 e. The number of nitrogens with zero attached hydrogens (tertiary/aromatic N) is 1. The fourth-order valence-corrected chi connectivity index (χ4v) is 3.36. The molecule has 0 aliphatic carbocycles. The van der Waals surface area contributed by atoms with Crippen LogP contribution in [0.4, 0.5) is 11.4 Å². The normalized spacial score (nSPS) is 16.2. The number of benzene rings is 2. The summed E-state index contributed by atoms with van der Waals surface area (Å²) in [5.41, 5.74) is 3.79. The van der Waals surface area contributed by atoms with Gasteiger partial charge in [0.15, 0.2) is 0 Å². The molecule has 1 atom stereocenters. The predicted octanol–water partition coefficient (Wildman–Crippen LogP) is 3.34. The van der Waals surface area contributed by atoms with E-state index in [2.05, 4.69) is 12.2 Å². The third-order valence-corrected chi connectivity index (χ3v) is 5.03. The number of rotatable bonds is 5. The van der Waals surface area contributed by atoms with Crippen molar-refractivity contribution in [2.24, 2.45) is 5.92 Å². The minimum Gasteiger partial charge on any atom is -0.465 e. The van der Waals surface area contributed by atoms with E-state index in [0.29, 0.717) is 17.8 Å². The highest BCUT2D eigenvalue weighted by Gasteiger charge is 2.35. The second-order valence-corrected chi connectivity index (χ2v) is 6.94. The van der Waals surface area contributed by atoms with Gasteiger partial charge in [-0.15, -0.1) is 0 Å². The molecule has 2 aromatic rings. The second kappa shape index (κ2) is 8.25. The first-order chi connectivity index (χ1) is 13.4. The van der Waals surface area contributed by atoms with Crippen LogP contribution in [0.5, 0.6) is 0 Å². The lowest BCUT2D eigenvalue weighted by Gasteiger charge is -2.18. The van der Waals surface area contributed by atoms with Gasteiger partial charge in [0.2, 0.25) is 11.8 Å². The molecule has 1 aliphatic rings. The van der Waals surface area contributed by atoms with E-state index in [9.17, 15) is 14.4 Å². The third kappa shape index (κ3) is 4.06. The predicted molar refractivity (Wildman–Crippen MR) is 107 cm³/mol. The lowest BCUT2D eigenvalue weighted by Crippen LogP contribution is -2.28. The Balaban J connectivity index is 1.70. The number of carbonyl (C=O) groups is 3. The molecular formula is C22H24N2O4. The van der Waals surface area contributed by atoms with Crippen LogP contribution < -0.4 is 10.2 Å². The minimum absolute atomic E-state index is 0.0498. The molecule has 1 heterocycles. The molecule has 0 aromatic heterocycles. The number of aryl methyl sites for hydroxylation is 2. The summed E-state index contributed by atoms with van der Waals surface area (Å²) in [6.07, 6.45) is 1.07. The van der Waals surface area contributed by atoms with Crippen LogP contribution in [0, 0.1) is 12.8 Å². The van der Waals surface area contributed by atoms with Crippen LogP contribution in [0.25, 0.3) is 0 Å². The zero-order valence-electron chi connectivity index (χ0n) is 16.3. The van der Waals surface area contributed by atoms with Crippen molar-refractivity contribution in [1.82, 2.24) is 0 Å². The molecule has 2 amide bonds. The van der Waals surface area contributed by atoms with E-state index in [-0.39, 0.29) is 18.2 Å². The molecule has 1 aliphatic heterocycles. The Morgan fingerprint density at radius 2 is 2.00 bits per heavy atom. The zero-order valence-corrected chi connectivity index (χ0v) is 16.3. The van der Waals surface area contributed by atoms with Gasteiger partial charge in [-0.1, -0.05) is 19.1 Å². The molecule has 1 fully saturated rings. The number of esters is 1. The summed E-state index contributed by atoms with van der Waals surface area (Å²) in [5.74, 6) is -1.09. The second-order valence-electron chi connectivity index (χ2n) is 6.94.